The number of benzene rings is 1. The van der Waals surface area contributed by atoms with E-state index in [1.165, 1.54) is 23.9 Å². The highest BCUT2D eigenvalue weighted by Gasteiger charge is 2.07. The van der Waals surface area contributed by atoms with Crippen molar-refractivity contribution < 1.29 is 9.13 Å². The van der Waals surface area contributed by atoms with Gasteiger partial charge in [0.1, 0.15) is 17.3 Å². The minimum Gasteiger partial charge on any atom is -0.456 e. The van der Waals surface area contributed by atoms with Crippen LogP contribution in [0.3, 0.4) is 0 Å². The summed E-state index contributed by atoms with van der Waals surface area (Å²) in [7, 11) is 0. The molecular weight excluding hydrogens is 301 g/mol. The first-order valence-corrected chi connectivity index (χ1v) is 7.73. The second-order valence-electron chi connectivity index (χ2n) is 4.39. The van der Waals surface area contributed by atoms with Crippen molar-refractivity contribution in [2.24, 2.45) is 0 Å². The van der Waals surface area contributed by atoms with Crippen molar-refractivity contribution in [2.75, 3.05) is 6.26 Å². The van der Waals surface area contributed by atoms with E-state index in [0.717, 1.165) is 0 Å². The monoisotopic (exact) mass is 313 g/mol. The first-order chi connectivity index (χ1) is 10.7. The summed E-state index contributed by atoms with van der Waals surface area (Å²) in [5, 5.41) is 0.636. The van der Waals surface area contributed by atoms with Gasteiger partial charge in [-0.15, -0.1) is 0 Å². The molecule has 0 saturated heterocycles. The molecule has 0 spiro atoms. The molecule has 0 aliphatic carbocycles. The zero-order valence-electron chi connectivity index (χ0n) is 11.7. The second-order valence-corrected chi connectivity index (χ2v) is 5.17. The van der Waals surface area contributed by atoms with E-state index in [1.807, 2.05) is 6.26 Å². The molecule has 6 heteroatoms. The van der Waals surface area contributed by atoms with Crippen molar-refractivity contribution in [3.8, 4) is 22.8 Å². The lowest BCUT2D eigenvalue weighted by molar-refractivity contribution is 0.475. The minimum atomic E-state index is -0.388. The molecule has 22 heavy (non-hydrogen) atoms. The van der Waals surface area contributed by atoms with Crippen LogP contribution < -0.4 is 4.74 Å². The molecule has 0 atom stereocenters. The van der Waals surface area contributed by atoms with Gasteiger partial charge in [-0.05, 0) is 36.6 Å². The normalized spacial score (nSPS) is 10.5. The van der Waals surface area contributed by atoms with Crippen LogP contribution in [0.4, 0.5) is 4.39 Å². The van der Waals surface area contributed by atoms with Crippen molar-refractivity contribution in [3.05, 3.63) is 60.8 Å². The highest BCUT2D eigenvalue weighted by molar-refractivity contribution is 7.98. The maximum absolute atomic E-state index is 13.9. The van der Waals surface area contributed by atoms with Crippen molar-refractivity contribution in [3.63, 3.8) is 0 Å². The van der Waals surface area contributed by atoms with Gasteiger partial charge in [-0.1, -0.05) is 11.8 Å². The molecule has 1 aromatic carbocycles. The van der Waals surface area contributed by atoms with Crippen LogP contribution in [0, 0.1) is 5.82 Å². The third-order valence-electron chi connectivity index (χ3n) is 2.85. The van der Waals surface area contributed by atoms with E-state index in [1.54, 1.807) is 42.9 Å². The summed E-state index contributed by atoms with van der Waals surface area (Å²) in [4.78, 5) is 12.4. The van der Waals surface area contributed by atoms with Crippen LogP contribution in [0.5, 0.6) is 11.5 Å². The van der Waals surface area contributed by atoms with E-state index < -0.39 is 0 Å². The average molecular weight is 313 g/mol. The molecule has 0 aliphatic rings. The van der Waals surface area contributed by atoms with Gasteiger partial charge in [-0.2, -0.15) is 0 Å². The Labute approximate surface area is 131 Å². The Morgan fingerprint density at radius 1 is 1.09 bits per heavy atom. The molecule has 0 fully saturated rings. The number of hydrogen-bond acceptors (Lipinski definition) is 5. The summed E-state index contributed by atoms with van der Waals surface area (Å²) >= 11 is 1.43. The molecule has 0 saturated carbocycles. The molecule has 0 aliphatic heterocycles. The Balaban J connectivity index is 1.95. The average Bonchev–Trinajstić information content (AvgIpc) is 2.55. The number of nitrogens with zero attached hydrogens (tertiary/aromatic N) is 3. The molecule has 3 rings (SSSR count). The smallest absolute Gasteiger partial charge is 0.187 e. The van der Waals surface area contributed by atoms with Gasteiger partial charge < -0.3 is 4.74 Å². The van der Waals surface area contributed by atoms with E-state index in [4.69, 9.17) is 4.74 Å². The van der Waals surface area contributed by atoms with E-state index >= 15 is 0 Å². The van der Waals surface area contributed by atoms with Gasteiger partial charge in [-0.3, -0.25) is 4.98 Å². The summed E-state index contributed by atoms with van der Waals surface area (Å²) in [6, 6.07) is 9.74. The van der Waals surface area contributed by atoms with Crippen molar-refractivity contribution in [1.29, 1.82) is 0 Å². The zero-order chi connectivity index (χ0) is 15.4. The molecule has 0 N–H and O–H groups in total. The number of pyridine rings is 1. The highest BCUT2D eigenvalue weighted by atomic mass is 32.2. The van der Waals surface area contributed by atoms with Gasteiger partial charge >= 0.3 is 0 Å². The maximum Gasteiger partial charge on any atom is 0.187 e. The number of ether oxygens (including phenoxy) is 1. The number of thioether (sulfide) groups is 1. The molecule has 0 radical (unpaired) electrons. The van der Waals surface area contributed by atoms with Crippen LogP contribution in [0.2, 0.25) is 0 Å². The van der Waals surface area contributed by atoms with Gasteiger partial charge in [0.25, 0.3) is 0 Å². The SMILES string of the molecule is CSc1nccc(-c2cc(F)cc(Oc3cccnc3)c2)n1. The number of rotatable bonds is 4. The van der Waals surface area contributed by atoms with Gasteiger partial charge in [0, 0.05) is 24.0 Å². The topological polar surface area (TPSA) is 47.9 Å². The Bertz CT molecular complexity index is 783. The summed E-state index contributed by atoms with van der Waals surface area (Å²) < 4.78 is 19.5. The van der Waals surface area contributed by atoms with Crippen molar-refractivity contribution in [1.82, 2.24) is 15.0 Å². The first kappa shape index (κ1) is 14.5. The third-order valence-corrected chi connectivity index (χ3v) is 3.42. The number of aromatic nitrogens is 3. The summed E-state index contributed by atoms with van der Waals surface area (Å²) in [6.45, 7) is 0. The molecule has 2 heterocycles. The Morgan fingerprint density at radius 2 is 2.00 bits per heavy atom. The molecule has 2 aromatic heterocycles. The number of halogens is 1. The molecule has 4 nitrogen and oxygen atoms in total. The second kappa shape index (κ2) is 6.53. The summed E-state index contributed by atoms with van der Waals surface area (Å²) in [5.74, 6) is 0.555. The molecule has 0 bridgehead atoms. The van der Waals surface area contributed by atoms with Crippen LogP contribution in [-0.2, 0) is 0 Å². The lowest BCUT2D eigenvalue weighted by Crippen LogP contribution is -1.92. The van der Waals surface area contributed by atoms with Crippen LogP contribution >= 0.6 is 11.8 Å². The molecule has 110 valence electrons. The summed E-state index contributed by atoms with van der Waals surface area (Å²) in [6.07, 6.45) is 6.76. The van der Waals surface area contributed by atoms with Crippen LogP contribution in [0.15, 0.2) is 60.1 Å². The molecular formula is C16H12FN3OS. The fourth-order valence-corrected chi connectivity index (χ4v) is 2.27. The van der Waals surface area contributed by atoms with Gasteiger partial charge in [-0.25, -0.2) is 14.4 Å². The molecule has 0 amide bonds. The maximum atomic E-state index is 13.9. The van der Waals surface area contributed by atoms with Gasteiger partial charge in [0.2, 0.25) is 0 Å². The summed E-state index contributed by atoms with van der Waals surface area (Å²) in [5.41, 5.74) is 1.28. The predicted octanol–water partition coefficient (Wildman–Crippen LogP) is 4.19. The molecule has 3 aromatic rings. The lowest BCUT2D eigenvalue weighted by atomic mass is 10.1. The van der Waals surface area contributed by atoms with Crippen molar-refractivity contribution in [2.45, 2.75) is 5.16 Å². The minimum absolute atomic E-state index is 0.388. The Kier molecular flexibility index (Phi) is 4.29. The fraction of sp³-hybridized carbons (Fsp3) is 0.0625. The standard InChI is InChI=1S/C16H12FN3OS/c1-22-16-19-6-4-15(20-16)11-7-12(17)9-14(8-11)21-13-3-2-5-18-10-13/h2-10H,1H3. The third kappa shape index (κ3) is 3.40. The largest absolute Gasteiger partial charge is 0.456 e. The van der Waals surface area contributed by atoms with Crippen molar-refractivity contribution >= 4 is 11.8 Å². The van der Waals surface area contributed by atoms with E-state index in [2.05, 4.69) is 15.0 Å². The van der Waals surface area contributed by atoms with Crippen LogP contribution in [0.1, 0.15) is 0 Å². The van der Waals surface area contributed by atoms with Crippen LogP contribution in [-0.4, -0.2) is 21.2 Å². The first-order valence-electron chi connectivity index (χ1n) is 6.50. The van der Waals surface area contributed by atoms with E-state index in [-0.39, 0.29) is 5.82 Å². The van der Waals surface area contributed by atoms with Gasteiger partial charge in [0.05, 0.1) is 11.9 Å². The number of hydrogen-bond donors (Lipinski definition) is 0. The van der Waals surface area contributed by atoms with Gasteiger partial charge in [0.15, 0.2) is 5.16 Å². The quantitative estimate of drug-likeness (QED) is 0.534. The highest BCUT2D eigenvalue weighted by Crippen LogP contribution is 2.28. The fourth-order valence-electron chi connectivity index (χ4n) is 1.91. The zero-order valence-corrected chi connectivity index (χ0v) is 12.5. The van der Waals surface area contributed by atoms with E-state index in [0.29, 0.717) is 27.9 Å². The van der Waals surface area contributed by atoms with Crippen LogP contribution in [0.25, 0.3) is 11.3 Å². The Morgan fingerprint density at radius 3 is 2.77 bits per heavy atom. The lowest BCUT2D eigenvalue weighted by Gasteiger charge is -2.08. The Hall–Kier alpha value is -2.47. The van der Waals surface area contributed by atoms with E-state index in [9.17, 15) is 4.39 Å². The molecule has 0 unspecified atom stereocenters. The predicted molar refractivity (Wildman–Crippen MR) is 83.5 cm³/mol.